The number of hydrogen-bond donors (Lipinski definition) is 2. The number of benzene rings is 2. The molecule has 3 aromatic rings. The Balaban J connectivity index is 1.49. The SMILES string of the molecule is O=C(NCc1ccc2c(c1)OCO2)c1cn[nH]c1-c1ccccc1. The molecule has 1 aliphatic heterocycles. The van der Waals surface area contributed by atoms with Crippen molar-refractivity contribution < 1.29 is 14.3 Å². The Bertz CT molecular complexity index is 874. The first-order chi connectivity index (χ1) is 11.8. The first-order valence-electron chi connectivity index (χ1n) is 7.57. The Kier molecular flexibility index (Phi) is 3.63. The van der Waals surface area contributed by atoms with E-state index in [0.29, 0.717) is 23.6 Å². The van der Waals surface area contributed by atoms with Gasteiger partial charge in [-0.15, -0.1) is 0 Å². The Morgan fingerprint density at radius 3 is 2.83 bits per heavy atom. The van der Waals surface area contributed by atoms with Crippen LogP contribution in [0.3, 0.4) is 0 Å². The summed E-state index contributed by atoms with van der Waals surface area (Å²) in [6.45, 7) is 0.634. The third-order valence-electron chi connectivity index (χ3n) is 3.84. The molecule has 0 radical (unpaired) electrons. The quantitative estimate of drug-likeness (QED) is 0.775. The first kappa shape index (κ1) is 14.3. The molecule has 1 aromatic heterocycles. The fourth-order valence-electron chi connectivity index (χ4n) is 2.61. The van der Waals surface area contributed by atoms with Crippen LogP contribution in [0.25, 0.3) is 11.3 Å². The van der Waals surface area contributed by atoms with Crippen LogP contribution < -0.4 is 14.8 Å². The molecule has 1 amide bonds. The number of hydrogen-bond acceptors (Lipinski definition) is 4. The van der Waals surface area contributed by atoms with Crippen molar-refractivity contribution in [3.8, 4) is 22.8 Å². The van der Waals surface area contributed by atoms with Gasteiger partial charge >= 0.3 is 0 Å². The summed E-state index contributed by atoms with van der Waals surface area (Å²) in [5.41, 5.74) is 3.08. The van der Waals surface area contributed by atoms with Crippen molar-refractivity contribution in [1.29, 1.82) is 0 Å². The van der Waals surface area contributed by atoms with Gasteiger partial charge in [0.2, 0.25) is 6.79 Å². The van der Waals surface area contributed by atoms with Gasteiger partial charge in [0.25, 0.3) is 5.91 Å². The van der Waals surface area contributed by atoms with Crippen LogP contribution in [0.1, 0.15) is 15.9 Å². The zero-order valence-corrected chi connectivity index (χ0v) is 12.8. The van der Waals surface area contributed by atoms with Crippen LogP contribution in [-0.4, -0.2) is 22.9 Å². The molecular formula is C18H15N3O3. The van der Waals surface area contributed by atoms with Crippen LogP contribution >= 0.6 is 0 Å². The van der Waals surface area contributed by atoms with E-state index in [1.165, 1.54) is 6.20 Å². The van der Waals surface area contributed by atoms with Crippen molar-refractivity contribution in [2.24, 2.45) is 0 Å². The Morgan fingerprint density at radius 1 is 1.12 bits per heavy atom. The number of aromatic nitrogens is 2. The molecule has 0 atom stereocenters. The van der Waals surface area contributed by atoms with E-state index in [2.05, 4.69) is 15.5 Å². The molecule has 0 aliphatic carbocycles. The molecule has 24 heavy (non-hydrogen) atoms. The van der Waals surface area contributed by atoms with Crippen LogP contribution in [0, 0.1) is 0 Å². The molecule has 6 nitrogen and oxygen atoms in total. The zero-order valence-electron chi connectivity index (χ0n) is 12.8. The lowest BCUT2D eigenvalue weighted by molar-refractivity contribution is 0.0951. The minimum Gasteiger partial charge on any atom is -0.454 e. The van der Waals surface area contributed by atoms with Crippen LogP contribution in [0.4, 0.5) is 0 Å². The van der Waals surface area contributed by atoms with Gasteiger partial charge in [-0.25, -0.2) is 0 Å². The summed E-state index contributed by atoms with van der Waals surface area (Å²) >= 11 is 0. The van der Waals surface area contributed by atoms with Crippen molar-refractivity contribution in [2.45, 2.75) is 6.54 Å². The van der Waals surface area contributed by atoms with E-state index in [1.54, 1.807) is 0 Å². The highest BCUT2D eigenvalue weighted by atomic mass is 16.7. The average Bonchev–Trinajstić information content (AvgIpc) is 3.29. The second kappa shape index (κ2) is 6.08. The topological polar surface area (TPSA) is 76.2 Å². The van der Waals surface area contributed by atoms with Crippen molar-refractivity contribution in [1.82, 2.24) is 15.5 Å². The van der Waals surface area contributed by atoms with Gasteiger partial charge in [-0.05, 0) is 17.7 Å². The van der Waals surface area contributed by atoms with E-state index in [9.17, 15) is 4.79 Å². The van der Waals surface area contributed by atoms with Crippen molar-refractivity contribution in [3.05, 3.63) is 65.9 Å². The van der Waals surface area contributed by atoms with Crippen molar-refractivity contribution >= 4 is 5.91 Å². The summed E-state index contributed by atoms with van der Waals surface area (Å²) in [4.78, 5) is 12.5. The number of rotatable bonds is 4. The Labute approximate surface area is 138 Å². The number of H-pyrrole nitrogens is 1. The number of amides is 1. The molecule has 0 bridgehead atoms. The monoisotopic (exact) mass is 321 g/mol. The van der Waals surface area contributed by atoms with Gasteiger partial charge in [0.1, 0.15) is 0 Å². The van der Waals surface area contributed by atoms with Gasteiger partial charge in [-0.3, -0.25) is 9.89 Å². The van der Waals surface area contributed by atoms with E-state index in [1.807, 2.05) is 48.5 Å². The molecule has 120 valence electrons. The van der Waals surface area contributed by atoms with Crippen LogP contribution in [0.2, 0.25) is 0 Å². The summed E-state index contributed by atoms with van der Waals surface area (Å²) < 4.78 is 10.6. The smallest absolute Gasteiger partial charge is 0.255 e. The highest BCUT2D eigenvalue weighted by molar-refractivity contribution is 5.99. The van der Waals surface area contributed by atoms with Crippen molar-refractivity contribution in [2.75, 3.05) is 6.79 Å². The molecule has 2 heterocycles. The predicted molar refractivity (Wildman–Crippen MR) is 87.8 cm³/mol. The third-order valence-corrected chi connectivity index (χ3v) is 3.84. The van der Waals surface area contributed by atoms with Crippen LogP contribution in [0.15, 0.2) is 54.7 Å². The second-order valence-electron chi connectivity index (χ2n) is 5.39. The maximum Gasteiger partial charge on any atom is 0.255 e. The molecule has 0 spiro atoms. The van der Waals surface area contributed by atoms with E-state index >= 15 is 0 Å². The summed E-state index contributed by atoms with van der Waals surface area (Å²) in [5.74, 6) is 1.25. The normalized spacial score (nSPS) is 12.2. The molecule has 0 fully saturated rings. The summed E-state index contributed by atoms with van der Waals surface area (Å²) in [6.07, 6.45) is 1.54. The second-order valence-corrected chi connectivity index (χ2v) is 5.39. The number of nitrogens with zero attached hydrogens (tertiary/aromatic N) is 1. The van der Waals surface area contributed by atoms with Crippen molar-refractivity contribution in [3.63, 3.8) is 0 Å². The van der Waals surface area contributed by atoms with Crippen LogP contribution in [-0.2, 0) is 6.54 Å². The lowest BCUT2D eigenvalue weighted by Gasteiger charge is -2.07. The zero-order chi connectivity index (χ0) is 16.4. The lowest BCUT2D eigenvalue weighted by atomic mass is 10.1. The molecule has 1 aliphatic rings. The molecule has 2 N–H and O–H groups in total. The third kappa shape index (κ3) is 2.69. The van der Waals surface area contributed by atoms with Gasteiger partial charge in [-0.1, -0.05) is 36.4 Å². The highest BCUT2D eigenvalue weighted by Crippen LogP contribution is 2.32. The lowest BCUT2D eigenvalue weighted by Crippen LogP contribution is -2.22. The molecule has 0 unspecified atom stereocenters. The van der Waals surface area contributed by atoms with Gasteiger partial charge in [-0.2, -0.15) is 5.10 Å². The number of carbonyl (C=O) groups excluding carboxylic acids is 1. The number of ether oxygens (including phenoxy) is 2. The van der Waals surface area contributed by atoms with E-state index in [0.717, 1.165) is 16.9 Å². The number of nitrogens with one attached hydrogen (secondary N) is 2. The van der Waals surface area contributed by atoms with Gasteiger partial charge in [0.15, 0.2) is 11.5 Å². The molecule has 4 rings (SSSR count). The summed E-state index contributed by atoms with van der Waals surface area (Å²) in [6, 6.07) is 15.3. The molecule has 2 aromatic carbocycles. The van der Waals surface area contributed by atoms with Gasteiger partial charge in [0.05, 0.1) is 17.5 Å². The van der Waals surface area contributed by atoms with Gasteiger partial charge in [0, 0.05) is 12.1 Å². The molecule has 0 saturated heterocycles. The Hall–Kier alpha value is -3.28. The maximum absolute atomic E-state index is 12.5. The van der Waals surface area contributed by atoms with E-state index in [4.69, 9.17) is 9.47 Å². The summed E-state index contributed by atoms with van der Waals surface area (Å²) in [5, 5.41) is 9.79. The molecule has 6 heteroatoms. The molecular weight excluding hydrogens is 306 g/mol. The van der Waals surface area contributed by atoms with E-state index in [-0.39, 0.29) is 12.7 Å². The number of fused-ring (bicyclic) bond motifs is 1. The maximum atomic E-state index is 12.5. The predicted octanol–water partition coefficient (Wildman–Crippen LogP) is 2.74. The van der Waals surface area contributed by atoms with E-state index < -0.39 is 0 Å². The average molecular weight is 321 g/mol. The minimum absolute atomic E-state index is 0.180. The first-order valence-corrected chi connectivity index (χ1v) is 7.57. The Morgan fingerprint density at radius 2 is 1.96 bits per heavy atom. The van der Waals surface area contributed by atoms with Gasteiger partial charge < -0.3 is 14.8 Å². The standard InChI is InChI=1S/C18H15N3O3/c22-18(14-10-20-21-17(14)13-4-2-1-3-5-13)19-9-12-6-7-15-16(8-12)24-11-23-15/h1-8,10H,9,11H2,(H,19,22)(H,20,21). The number of aromatic amines is 1. The molecule has 0 saturated carbocycles. The fourth-order valence-corrected chi connectivity index (χ4v) is 2.61. The minimum atomic E-state index is -0.180. The fraction of sp³-hybridized carbons (Fsp3) is 0.111. The number of carbonyl (C=O) groups is 1. The summed E-state index contributed by atoms with van der Waals surface area (Å²) in [7, 11) is 0. The highest BCUT2D eigenvalue weighted by Gasteiger charge is 2.16. The van der Waals surface area contributed by atoms with Crippen LogP contribution in [0.5, 0.6) is 11.5 Å². The largest absolute Gasteiger partial charge is 0.454 e.